The molecule has 0 fully saturated rings. The van der Waals surface area contributed by atoms with Crippen molar-refractivity contribution in [3.8, 4) is 6.07 Å². The van der Waals surface area contributed by atoms with Crippen molar-refractivity contribution in [2.75, 3.05) is 0 Å². The van der Waals surface area contributed by atoms with E-state index in [1.807, 2.05) is 6.07 Å². The average Bonchev–Trinajstić information content (AvgIpc) is 2.19. The first-order chi connectivity index (χ1) is 6.63. The maximum absolute atomic E-state index is 8.95. The first kappa shape index (κ1) is 9.70. The number of benzene rings is 1. The van der Waals surface area contributed by atoms with Gasteiger partial charge in [-0.25, -0.2) is 0 Å². The molecule has 0 spiro atoms. The average molecular weight is 251 g/mol. The Balaban J connectivity index is 2.37. The van der Waals surface area contributed by atoms with Gasteiger partial charge in [-0.15, -0.1) is 0 Å². The topological polar surface area (TPSA) is 49.8 Å². The van der Waals surface area contributed by atoms with Gasteiger partial charge < -0.3 is 5.73 Å². The summed E-state index contributed by atoms with van der Waals surface area (Å²) in [6.07, 6.45) is 2.33. The lowest BCUT2D eigenvalue weighted by Gasteiger charge is -2.28. The molecule has 0 radical (unpaired) electrons. The fourth-order valence-corrected chi connectivity index (χ4v) is 2.29. The number of hydrogen-bond acceptors (Lipinski definition) is 2. The van der Waals surface area contributed by atoms with Gasteiger partial charge in [-0.1, -0.05) is 22.0 Å². The minimum Gasteiger partial charge on any atom is -0.313 e. The number of halogens is 1. The highest BCUT2D eigenvalue weighted by Crippen LogP contribution is 2.28. The molecule has 1 aliphatic rings. The van der Waals surface area contributed by atoms with Crippen molar-refractivity contribution >= 4 is 15.9 Å². The Kier molecular flexibility index (Phi) is 2.34. The Hall–Kier alpha value is -0.850. The molecule has 1 aliphatic carbocycles. The first-order valence-corrected chi connectivity index (χ1v) is 5.40. The summed E-state index contributed by atoms with van der Waals surface area (Å²) in [6, 6.07) is 8.37. The van der Waals surface area contributed by atoms with Gasteiger partial charge in [0.1, 0.15) is 5.54 Å². The van der Waals surface area contributed by atoms with Crippen molar-refractivity contribution in [2.45, 2.75) is 24.8 Å². The second-order valence-corrected chi connectivity index (χ2v) is 4.77. The Bertz CT molecular complexity index is 408. The molecular formula is C11H11BrN2. The van der Waals surface area contributed by atoms with Gasteiger partial charge in [-0.2, -0.15) is 5.26 Å². The van der Waals surface area contributed by atoms with Crippen LogP contribution in [0.1, 0.15) is 17.5 Å². The lowest BCUT2D eigenvalue weighted by Crippen LogP contribution is -2.43. The molecule has 1 unspecified atom stereocenters. The van der Waals surface area contributed by atoms with Crippen LogP contribution in [-0.4, -0.2) is 5.54 Å². The van der Waals surface area contributed by atoms with Crippen molar-refractivity contribution in [1.82, 2.24) is 0 Å². The molecule has 1 atom stereocenters. The quantitative estimate of drug-likeness (QED) is 0.768. The summed E-state index contributed by atoms with van der Waals surface area (Å²) in [4.78, 5) is 0. The van der Waals surface area contributed by atoms with Crippen LogP contribution >= 0.6 is 15.9 Å². The third kappa shape index (κ3) is 1.68. The van der Waals surface area contributed by atoms with Gasteiger partial charge >= 0.3 is 0 Å². The highest BCUT2D eigenvalue weighted by atomic mass is 79.9. The van der Waals surface area contributed by atoms with E-state index in [1.165, 1.54) is 11.1 Å². The van der Waals surface area contributed by atoms with E-state index in [4.69, 9.17) is 11.0 Å². The highest BCUT2D eigenvalue weighted by molar-refractivity contribution is 9.10. The predicted octanol–water partition coefficient (Wildman–Crippen LogP) is 2.16. The maximum Gasteiger partial charge on any atom is 0.108 e. The molecule has 2 N–H and O–H groups in total. The number of rotatable bonds is 0. The van der Waals surface area contributed by atoms with Gasteiger partial charge in [0.25, 0.3) is 0 Å². The van der Waals surface area contributed by atoms with Crippen molar-refractivity contribution in [3.05, 3.63) is 33.8 Å². The molecule has 1 aromatic rings. The zero-order valence-electron chi connectivity index (χ0n) is 7.76. The summed E-state index contributed by atoms with van der Waals surface area (Å²) in [5.74, 6) is 0. The Morgan fingerprint density at radius 2 is 2.21 bits per heavy atom. The van der Waals surface area contributed by atoms with Gasteiger partial charge in [0.05, 0.1) is 6.07 Å². The maximum atomic E-state index is 8.95. The molecule has 1 aromatic carbocycles. The minimum absolute atomic E-state index is 0.652. The zero-order chi connectivity index (χ0) is 10.2. The molecule has 0 saturated carbocycles. The molecule has 0 heterocycles. The van der Waals surface area contributed by atoms with Crippen LogP contribution in [0.3, 0.4) is 0 Å². The predicted molar refractivity (Wildman–Crippen MR) is 58.7 cm³/mol. The second-order valence-electron chi connectivity index (χ2n) is 3.86. The number of nitrogens with two attached hydrogens (primary N) is 1. The van der Waals surface area contributed by atoms with Crippen molar-refractivity contribution in [3.63, 3.8) is 0 Å². The normalized spacial score (nSPS) is 25.2. The second kappa shape index (κ2) is 3.38. The van der Waals surface area contributed by atoms with E-state index in [0.29, 0.717) is 6.42 Å². The summed E-state index contributed by atoms with van der Waals surface area (Å²) in [5.41, 5.74) is 7.81. The standard InChI is InChI=1S/C11H11BrN2/c12-10-2-1-9-6-11(14,7-13)4-3-8(9)5-10/h1-2,5H,3-4,6,14H2. The summed E-state index contributed by atoms with van der Waals surface area (Å²) >= 11 is 3.44. The number of aryl methyl sites for hydroxylation is 1. The lowest BCUT2D eigenvalue weighted by atomic mass is 9.80. The molecule has 0 saturated heterocycles. The van der Waals surface area contributed by atoms with Gasteiger partial charge in [0.2, 0.25) is 0 Å². The van der Waals surface area contributed by atoms with Crippen LogP contribution in [0.25, 0.3) is 0 Å². The Morgan fingerprint density at radius 3 is 2.93 bits per heavy atom. The van der Waals surface area contributed by atoms with Gasteiger partial charge in [-0.3, -0.25) is 0 Å². The summed E-state index contributed by atoms with van der Waals surface area (Å²) < 4.78 is 1.10. The minimum atomic E-state index is -0.652. The molecule has 3 heteroatoms. The van der Waals surface area contributed by atoms with Crippen molar-refractivity contribution in [1.29, 1.82) is 5.26 Å². The fourth-order valence-electron chi connectivity index (χ4n) is 1.88. The van der Waals surface area contributed by atoms with E-state index >= 15 is 0 Å². The number of nitriles is 1. The van der Waals surface area contributed by atoms with Gasteiger partial charge in [-0.05, 0) is 36.1 Å². The molecule has 0 bridgehead atoms. The number of fused-ring (bicyclic) bond motifs is 1. The van der Waals surface area contributed by atoms with Crippen LogP contribution in [0.5, 0.6) is 0 Å². The van der Waals surface area contributed by atoms with E-state index in [-0.39, 0.29) is 0 Å². The first-order valence-electron chi connectivity index (χ1n) is 4.60. The largest absolute Gasteiger partial charge is 0.313 e. The van der Waals surface area contributed by atoms with E-state index < -0.39 is 5.54 Å². The molecule has 0 aliphatic heterocycles. The third-order valence-electron chi connectivity index (χ3n) is 2.74. The molecule has 0 aromatic heterocycles. The molecule has 0 amide bonds. The van der Waals surface area contributed by atoms with Crippen LogP contribution < -0.4 is 5.73 Å². The summed E-state index contributed by atoms with van der Waals surface area (Å²) in [7, 11) is 0. The van der Waals surface area contributed by atoms with Crippen molar-refractivity contribution < 1.29 is 0 Å². The summed E-state index contributed by atoms with van der Waals surface area (Å²) in [6.45, 7) is 0. The highest BCUT2D eigenvalue weighted by Gasteiger charge is 2.30. The number of hydrogen-bond donors (Lipinski definition) is 1. The van der Waals surface area contributed by atoms with Crippen LogP contribution in [0, 0.1) is 11.3 Å². The van der Waals surface area contributed by atoms with Crippen molar-refractivity contribution in [2.24, 2.45) is 5.73 Å². The van der Waals surface area contributed by atoms with Gasteiger partial charge in [0.15, 0.2) is 0 Å². The van der Waals surface area contributed by atoms with Gasteiger partial charge in [0, 0.05) is 10.9 Å². The van der Waals surface area contributed by atoms with E-state index in [2.05, 4.69) is 34.1 Å². The van der Waals surface area contributed by atoms with Crippen LogP contribution in [-0.2, 0) is 12.8 Å². The monoisotopic (exact) mass is 250 g/mol. The lowest BCUT2D eigenvalue weighted by molar-refractivity contribution is 0.470. The summed E-state index contributed by atoms with van der Waals surface area (Å²) in [5, 5.41) is 8.95. The third-order valence-corrected chi connectivity index (χ3v) is 3.23. The van der Waals surface area contributed by atoms with E-state index in [9.17, 15) is 0 Å². The van der Waals surface area contributed by atoms with Crippen LogP contribution in [0.2, 0.25) is 0 Å². The Labute approximate surface area is 91.9 Å². The van der Waals surface area contributed by atoms with Crippen LogP contribution in [0.4, 0.5) is 0 Å². The molecule has 14 heavy (non-hydrogen) atoms. The van der Waals surface area contributed by atoms with E-state index in [1.54, 1.807) is 0 Å². The SMILES string of the molecule is N#CC1(N)CCc2cc(Br)ccc2C1. The van der Waals surface area contributed by atoms with E-state index in [0.717, 1.165) is 17.3 Å². The van der Waals surface area contributed by atoms with Crippen LogP contribution in [0.15, 0.2) is 22.7 Å². The number of nitrogens with zero attached hydrogens (tertiary/aromatic N) is 1. The zero-order valence-corrected chi connectivity index (χ0v) is 9.34. The molecule has 2 rings (SSSR count). The molecule has 2 nitrogen and oxygen atoms in total. The molecular weight excluding hydrogens is 240 g/mol. The smallest absolute Gasteiger partial charge is 0.108 e. The molecule has 72 valence electrons. The fraction of sp³-hybridized carbons (Fsp3) is 0.364. The Morgan fingerprint density at radius 1 is 1.43 bits per heavy atom.